The fourth-order valence-electron chi connectivity index (χ4n) is 2.21. The highest BCUT2D eigenvalue weighted by atomic mass is 32.2. The van der Waals surface area contributed by atoms with Crippen molar-refractivity contribution in [2.24, 2.45) is 0 Å². The molecular weight excluding hydrogens is 278 g/mol. The van der Waals surface area contributed by atoms with Gasteiger partial charge in [-0.3, -0.25) is 4.79 Å². The molecule has 0 spiro atoms. The van der Waals surface area contributed by atoms with E-state index < -0.39 is 23.5 Å². The second kappa shape index (κ2) is 6.28. The zero-order valence-electron chi connectivity index (χ0n) is 11.2. The van der Waals surface area contributed by atoms with Gasteiger partial charge in [-0.1, -0.05) is 30.3 Å². The van der Waals surface area contributed by atoms with E-state index >= 15 is 0 Å². The second-order valence-corrected chi connectivity index (χ2v) is 5.81. The maximum Gasteiger partial charge on any atom is 0.330 e. The Labute approximate surface area is 121 Å². The topological polar surface area (TPSA) is 75.6 Å². The van der Waals surface area contributed by atoms with Crippen molar-refractivity contribution in [2.45, 2.75) is 18.1 Å². The van der Waals surface area contributed by atoms with Crippen molar-refractivity contribution in [2.75, 3.05) is 18.6 Å². The molecule has 1 saturated heterocycles. The summed E-state index contributed by atoms with van der Waals surface area (Å²) in [6.45, 7) is 0. The predicted octanol–water partition coefficient (Wildman–Crippen LogP) is 1.45. The Bertz CT molecular complexity index is 485. The number of hydrogen-bond donors (Lipinski definition) is 2. The van der Waals surface area contributed by atoms with E-state index in [0.717, 1.165) is 5.75 Å². The molecule has 1 aromatic rings. The van der Waals surface area contributed by atoms with E-state index in [9.17, 15) is 14.7 Å². The third-order valence-corrected chi connectivity index (χ3v) is 4.56. The van der Waals surface area contributed by atoms with Crippen LogP contribution in [-0.2, 0) is 14.3 Å². The number of carboxylic acids is 1. The van der Waals surface area contributed by atoms with Crippen LogP contribution in [0.3, 0.4) is 0 Å². The van der Waals surface area contributed by atoms with Crippen LogP contribution in [0.2, 0.25) is 0 Å². The largest absolute Gasteiger partial charge is 0.479 e. The minimum Gasteiger partial charge on any atom is -0.479 e. The van der Waals surface area contributed by atoms with Gasteiger partial charge in [0.15, 0.2) is 6.10 Å². The van der Waals surface area contributed by atoms with Crippen molar-refractivity contribution >= 4 is 23.6 Å². The number of carboxylic acid groups (broad SMARTS) is 1. The standard InChI is InChI=1S/C14H17NO4S/c1-19-11(10-5-3-2-4-6-10)12(16)15-14(13(17)18)7-8-20-9-14/h2-6,11H,7-9H2,1H3,(H,15,16)(H,17,18)/t11-,14-/m0/s1. The Hall–Kier alpha value is -1.53. The molecule has 1 amide bonds. The molecule has 0 aliphatic carbocycles. The molecule has 6 heteroatoms. The van der Waals surface area contributed by atoms with Gasteiger partial charge in [0.1, 0.15) is 5.54 Å². The maximum absolute atomic E-state index is 12.3. The minimum absolute atomic E-state index is 0.388. The molecule has 0 bridgehead atoms. The highest BCUT2D eigenvalue weighted by molar-refractivity contribution is 7.99. The molecule has 1 aliphatic rings. The summed E-state index contributed by atoms with van der Waals surface area (Å²) in [5.74, 6) is -0.281. The average Bonchev–Trinajstić information content (AvgIpc) is 2.90. The van der Waals surface area contributed by atoms with Gasteiger partial charge in [0.05, 0.1) is 0 Å². The molecule has 1 heterocycles. The van der Waals surface area contributed by atoms with Crippen LogP contribution in [-0.4, -0.2) is 41.1 Å². The van der Waals surface area contributed by atoms with Crippen LogP contribution in [0.4, 0.5) is 0 Å². The normalized spacial score (nSPS) is 23.2. The zero-order valence-corrected chi connectivity index (χ0v) is 12.0. The lowest BCUT2D eigenvalue weighted by Crippen LogP contribution is -2.56. The number of hydrogen-bond acceptors (Lipinski definition) is 4. The van der Waals surface area contributed by atoms with Crippen LogP contribution in [0.25, 0.3) is 0 Å². The average molecular weight is 295 g/mol. The van der Waals surface area contributed by atoms with E-state index in [1.807, 2.05) is 18.2 Å². The van der Waals surface area contributed by atoms with Gasteiger partial charge in [0, 0.05) is 12.9 Å². The van der Waals surface area contributed by atoms with Gasteiger partial charge in [-0.2, -0.15) is 11.8 Å². The van der Waals surface area contributed by atoms with E-state index in [1.165, 1.54) is 18.9 Å². The molecule has 0 radical (unpaired) electrons. The van der Waals surface area contributed by atoms with Crippen molar-refractivity contribution in [3.63, 3.8) is 0 Å². The van der Waals surface area contributed by atoms with Gasteiger partial charge in [-0.05, 0) is 17.7 Å². The quantitative estimate of drug-likeness (QED) is 0.860. The second-order valence-electron chi connectivity index (χ2n) is 4.71. The molecule has 108 valence electrons. The molecule has 2 N–H and O–H groups in total. The number of nitrogens with one attached hydrogen (secondary N) is 1. The Morgan fingerprint density at radius 1 is 1.40 bits per heavy atom. The van der Waals surface area contributed by atoms with Crippen LogP contribution in [0.5, 0.6) is 0 Å². The van der Waals surface area contributed by atoms with Gasteiger partial charge in [-0.25, -0.2) is 4.79 Å². The minimum atomic E-state index is -1.17. The molecule has 5 nitrogen and oxygen atoms in total. The Morgan fingerprint density at radius 2 is 2.10 bits per heavy atom. The number of carbonyl (C=O) groups excluding carboxylic acids is 1. The SMILES string of the molecule is CO[C@H](C(=O)N[C@@]1(C(=O)O)CCSC1)c1ccccc1. The Kier molecular flexibility index (Phi) is 4.67. The molecule has 1 aromatic carbocycles. The van der Waals surface area contributed by atoms with Crippen LogP contribution in [0, 0.1) is 0 Å². The molecule has 1 fully saturated rings. The van der Waals surface area contributed by atoms with E-state index in [-0.39, 0.29) is 0 Å². The number of ether oxygens (including phenoxy) is 1. The summed E-state index contributed by atoms with van der Waals surface area (Å²) in [7, 11) is 1.44. The van der Waals surface area contributed by atoms with Gasteiger partial charge < -0.3 is 15.2 Å². The first-order valence-corrected chi connectivity index (χ1v) is 7.45. The van der Waals surface area contributed by atoms with Crippen molar-refractivity contribution < 1.29 is 19.4 Å². The summed E-state index contributed by atoms with van der Waals surface area (Å²) in [5.41, 5.74) is -0.466. The van der Waals surface area contributed by atoms with E-state index in [1.54, 1.807) is 12.1 Å². The van der Waals surface area contributed by atoms with E-state index in [2.05, 4.69) is 5.32 Å². The first-order valence-electron chi connectivity index (χ1n) is 6.30. The van der Waals surface area contributed by atoms with Crippen LogP contribution in [0.15, 0.2) is 30.3 Å². The number of thioether (sulfide) groups is 1. The molecule has 0 aromatic heterocycles. The molecule has 1 aliphatic heterocycles. The zero-order chi connectivity index (χ0) is 14.6. The number of carbonyl (C=O) groups is 2. The monoisotopic (exact) mass is 295 g/mol. The van der Waals surface area contributed by atoms with Crippen LogP contribution >= 0.6 is 11.8 Å². The number of rotatable bonds is 5. The smallest absolute Gasteiger partial charge is 0.330 e. The molecular formula is C14H17NO4S. The fraction of sp³-hybridized carbons (Fsp3) is 0.429. The highest BCUT2D eigenvalue weighted by Crippen LogP contribution is 2.29. The van der Waals surface area contributed by atoms with Crippen molar-refractivity contribution in [1.29, 1.82) is 0 Å². The molecule has 20 heavy (non-hydrogen) atoms. The molecule has 2 rings (SSSR count). The number of benzene rings is 1. The van der Waals surface area contributed by atoms with E-state index in [0.29, 0.717) is 17.7 Å². The van der Waals surface area contributed by atoms with Gasteiger partial charge in [0.2, 0.25) is 0 Å². The number of amides is 1. The molecule has 0 unspecified atom stereocenters. The van der Waals surface area contributed by atoms with E-state index in [4.69, 9.17) is 4.74 Å². The van der Waals surface area contributed by atoms with Gasteiger partial charge in [0.25, 0.3) is 5.91 Å². The number of aliphatic carboxylic acids is 1. The Balaban J connectivity index is 2.15. The third kappa shape index (κ3) is 2.96. The third-order valence-electron chi connectivity index (χ3n) is 3.37. The van der Waals surface area contributed by atoms with Crippen LogP contribution < -0.4 is 5.32 Å². The summed E-state index contributed by atoms with van der Waals surface area (Å²) in [5, 5.41) is 12.0. The summed E-state index contributed by atoms with van der Waals surface area (Å²) in [6.07, 6.45) is -0.359. The van der Waals surface area contributed by atoms with Crippen molar-refractivity contribution in [3.05, 3.63) is 35.9 Å². The first-order chi connectivity index (χ1) is 9.59. The van der Waals surface area contributed by atoms with Crippen molar-refractivity contribution in [3.8, 4) is 0 Å². The summed E-state index contributed by atoms with van der Waals surface area (Å²) in [4.78, 5) is 23.8. The Morgan fingerprint density at radius 3 is 2.60 bits per heavy atom. The lowest BCUT2D eigenvalue weighted by molar-refractivity contribution is -0.148. The first kappa shape index (κ1) is 14.9. The van der Waals surface area contributed by atoms with Gasteiger partial charge >= 0.3 is 5.97 Å². The maximum atomic E-state index is 12.3. The summed E-state index contributed by atoms with van der Waals surface area (Å²) in [6, 6.07) is 9.04. The van der Waals surface area contributed by atoms with Gasteiger partial charge in [-0.15, -0.1) is 0 Å². The lowest BCUT2D eigenvalue weighted by atomic mass is 9.98. The predicted molar refractivity (Wildman–Crippen MR) is 76.6 cm³/mol. The summed E-state index contributed by atoms with van der Waals surface area (Å²) >= 11 is 1.53. The lowest BCUT2D eigenvalue weighted by Gasteiger charge is -2.27. The molecule has 2 atom stereocenters. The summed E-state index contributed by atoms with van der Waals surface area (Å²) < 4.78 is 5.22. The molecule has 0 saturated carbocycles. The number of methoxy groups -OCH3 is 1. The highest BCUT2D eigenvalue weighted by Gasteiger charge is 2.44. The van der Waals surface area contributed by atoms with Crippen molar-refractivity contribution in [1.82, 2.24) is 5.32 Å². The van der Waals surface area contributed by atoms with Crippen LogP contribution in [0.1, 0.15) is 18.1 Å². The fourth-order valence-corrected chi connectivity index (χ4v) is 3.53.